The highest BCUT2D eigenvalue weighted by Crippen LogP contribution is 2.22. The summed E-state index contributed by atoms with van der Waals surface area (Å²) in [7, 11) is -0.774. The van der Waals surface area contributed by atoms with Gasteiger partial charge in [-0.05, 0) is 25.1 Å². The van der Waals surface area contributed by atoms with Crippen molar-refractivity contribution in [3.63, 3.8) is 0 Å². The van der Waals surface area contributed by atoms with Gasteiger partial charge in [-0.3, -0.25) is 4.68 Å². The predicted octanol–water partition coefficient (Wildman–Crippen LogP) is 0.914. The number of hydrogen-bond acceptors (Lipinski definition) is 5. The Kier molecular flexibility index (Phi) is 4.71. The van der Waals surface area contributed by atoms with E-state index in [1.807, 2.05) is 6.92 Å². The molecule has 9 heteroatoms. The smallest absolute Gasteiger partial charge is 0.339 e. The molecule has 2 aromatic rings. The quantitative estimate of drug-likeness (QED) is 0.809. The molecule has 0 saturated heterocycles. The van der Waals surface area contributed by atoms with E-state index in [4.69, 9.17) is 9.84 Å². The molecule has 1 aromatic heterocycles. The van der Waals surface area contributed by atoms with Gasteiger partial charge in [0.25, 0.3) is 0 Å². The van der Waals surface area contributed by atoms with Crippen LogP contribution in [0.25, 0.3) is 0 Å². The Morgan fingerprint density at radius 2 is 2.13 bits per heavy atom. The first kappa shape index (κ1) is 17.0. The van der Waals surface area contributed by atoms with Gasteiger partial charge in [-0.25, -0.2) is 17.9 Å². The summed E-state index contributed by atoms with van der Waals surface area (Å²) in [6, 6.07) is 3.68. The van der Waals surface area contributed by atoms with Crippen LogP contribution in [-0.4, -0.2) is 36.4 Å². The number of hydrogen-bond donors (Lipinski definition) is 2. The van der Waals surface area contributed by atoms with Gasteiger partial charge in [0.2, 0.25) is 10.0 Å². The Morgan fingerprint density at radius 3 is 2.65 bits per heavy atom. The fourth-order valence-electron chi connectivity index (χ4n) is 2.00. The molecule has 0 saturated carbocycles. The topological polar surface area (TPSA) is 111 Å². The van der Waals surface area contributed by atoms with Crippen molar-refractivity contribution in [1.29, 1.82) is 0 Å². The van der Waals surface area contributed by atoms with Gasteiger partial charge >= 0.3 is 5.97 Å². The molecule has 8 nitrogen and oxygen atoms in total. The van der Waals surface area contributed by atoms with E-state index in [0.29, 0.717) is 0 Å². The summed E-state index contributed by atoms with van der Waals surface area (Å²) in [6.07, 6.45) is 1.58. The number of rotatable bonds is 6. The van der Waals surface area contributed by atoms with Crippen molar-refractivity contribution in [2.24, 2.45) is 7.05 Å². The minimum Gasteiger partial charge on any atom is -0.496 e. The number of carboxylic acids is 1. The zero-order valence-electron chi connectivity index (χ0n) is 12.9. The number of nitrogens with one attached hydrogen (secondary N) is 1. The maximum atomic E-state index is 12.3. The summed E-state index contributed by atoms with van der Waals surface area (Å²) in [6.45, 7) is 1.89. The number of ether oxygens (including phenoxy) is 1. The Bertz CT molecular complexity index is 842. The summed E-state index contributed by atoms with van der Waals surface area (Å²) < 4.78 is 33.6. The number of methoxy groups -OCH3 is 1. The zero-order chi connectivity index (χ0) is 17.2. The Morgan fingerprint density at radius 1 is 1.43 bits per heavy atom. The molecule has 0 amide bonds. The first-order chi connectivity index (χ1) is 10.8. The van der Waals surface area contributed by atoms with Crippen LogP contribution >= 0.6 is 0 Å². The van der Waals surface area contributed by atoms with E-state index in [2.05, 4.69) is 9.82 Å². The number of aromatic carboxylic acids is 1. The summed E-state index contributed by atoms with van der Waals surface area (Å²) in [5, 5.41) is 13.2. The minimum atomic E-state index is -3.85. The highest BCUT2D eigenvalue weighted by molar-refractivity contribution is 7.89. The Balaban J connectivity index is 2.27. The van der Waals surface area contributed by atoms with E-state index >= 15 is 0 Å². The maximum Gasteiger partial charge on any atom is 0.339 e. The van der Waals surface area contributed by atoms with Crippen LogP contribution in [-0.2, 0) is 23.6 Å². The Hall–Kier alpha value is -2.39. The number of aryl methyl sites for hydroxylation is 1. The van der Waals surface area contributed by atoms with Crippen molar-refractivity contribution >= 4 is 16.0 Å². The van der Waals surface area contributed by atoms with Crippen LogP contribution in [0.1, 0.15) is 21.6 Å². The predicted molar refractivity (Wildman–Crippen MR) is 81.9 cm³/mol. The third-order valence-corrected chi connectivity index (χ3v) is 4.90. The molecule has 2 N–H and O–H groups in total. The van der Waals surface area contributed by atoms with Gasteiger partial charge in [0, 0.05) is 24.8 Å². The molecular formula is C14H17N3O5S. The molecule has 0 aliphatic carbocycles. The average molecular weight is 339 g/mol. The van der Waals surface area contributed by atoms with E-state index in [-0.39, 0.29) is 22.8 Å². The monoisotopic (exact) mass is 339 g/mol. The van der Waals surface area contributed by atoms with Crippen molar-refractivity contribution < 1.29 is 23.1 Å². The second kappa shape index (κ2) is 6.39. The fraction of sp³-hybridized carbons (Fsp3) is 0.286. The number of nitrogens with zero attached hydrogens (tertiary/aromatic N) is 2. The molecular weight excluding hydrogens is 322 g/mol. The summed E-state index contributed by atoms with van der Waals surface area (Å²) in [5.74, 6) is -1.17. The second-order valence-electron chi connectivity index (χ2n) is 4.87. The molecule has 0 radical (unpaired) electrons. The first-order valence-corrected chi connectivity index (χ1v) is 8.13. The highest BCUT2D eigenvalue weighted by Gasteiger charge is 2.20. The number of sulfonamides is 1. The van der Waals surface area contributed by atoms with Crippen LogP contribution in [0.3, 0.4) is 0 Å². The fourth-order valence-corrected chi connectivity index (χ4v) is 3.03. The summed E-state index contributed by atoms with van der Waals surface area (Å²) in [5.41, 5.74) is 1.37. The van der Waals surface area contributed by atoms with Gasteiger partial charge in [-0.1, -0.05) is 0 Å². The lowest BCUT2D eigenvalue weighted by atomic mass is 10.2. The molecule has 2 rings (SSSR count). The average Bonchev–Trinajstić information content (AvgIpc) is 2.84. The van der Waals surface area contributed by atoms with E-state index < -0.39 is 16.0 Å². The van der Waals surface area contributed by atoms with E-state index in [0.717, 1.165) is 17.3 Å². The molecule has 0 unspecified atom stereocenters. The van der Waals surface area contributed by atoms with Crippen molar-refractivity contribution in [3.8, 4) is 5.75 Å². The molecule has 124 valence electrons. The van der Waals surface area contributed by atoms with E-state index in [9.17, 15) is 13.2 Å². The minimum absolute atomic E-state index is 0.0659. The van der Waals surface area contributed by atoms with Crippen LogP contribution in [0.15, 0.2) is 29.3 Å². The SMILES string of the molecule is COc1ccc(S(=O)(=O)NCc2cnn(C)c2C)cc1C(=O)O. The molecule has 1 aromatic carbocycles. The molecule has 0 aliphatic heterocycles. The van der Waals surface area contributed by atoms with Gasteiger partial charge in [-0.15, -0.1) is 0 Å². The van der Waals surface area contributed by atoms with Crippen molar-refractivity contribution in [2.75, 3.05) is 7.11 Å². The second-order valence-corrected chi connectivity index (χ2v) is 6.64. The lowest BCUT2D eigenvalue weighted by Gasteiger charge is -2.10. The lowest BCUT2D eigenvalue weighted by molar-refractivity contribution is 0.0693. The van der Waals surface area contributed by atoms with Gasteiger partial charge in [0.05, 0.1) is 18.2 Å². The Labute approximate surface area is 133 Å². The third-order valence-electron chi connectivity index (χ3n) is 3.50. The van der Waals surface area contributed by atoms with Crippen LogP contribution < -0.4 is 9.46 Å². The van der Waals surface area contributed by atoms with Crippen molar-refractivity contribution in [1.82, 2.24) is 14.5 Å². The summed E-state index contributed by atoms with van der Waals surface area (Å²) in [4.78, 5) is 11.0. The van der Waals surface area contributed by atoms with Gasteiger partial charge in [0.1, 0.15) is 11.3 Å². The molecule has 0 bridgehead atoms. The maximum absolute atomic E-state index is 12.3. The molecule has 0 spiro atoms. The van der Waals surface area contributed by atoms with Crippen molar-refractivity contribution in [2.45, 2.75) is 18.4 Å². The number of carbonyl (C=O) groups is 1. The third kappa shape index (κ3) is 3.51. The van der Waals surface area contributed by atoms with Gasteiger partial charge < -0.3 is 9.84 Å². The van der Waals surface area contributed by atoms with Crippen LogP contribution in [0.5, 0.6) is 5.75 Å². The number of carboxylic acid groups (broad SMARTS) is 1. The largest absolute Gasteiger partial charge is 0.496 e. The number of aromatic nitrogens is 2. The van der Waals surface area contributed by atoms with Crippen LogP contribution in [0, 0.1) is 6.92 Å². The van der Waals surface area contributed by atoms with E-state index in [1.165, 1.54) is 19.2 Å². The van der Waals surface area contributed by atoms with Gasteiger partial charge in [-0.2, -0.15) is 5.10 Å². The normalized spacial score (nSPS) is 11.4. The number of benzene rings is 1. The van der Waals surface area contributed by atoms with Crippen molar-refractivity contribution in [3.05, 3.63) is 41.2 Å². The first-order valence-electron chi connectivity index (χ1n) is 6.64. The highest BCUT2D eigenvalue weighted by atomic mass is 32.2. The van der Waals surface area contributed by atoms with E-state index in [1.54, 1.807) is 17.9 Å². The lowest BCUT2D eigenvalue weighted by Crippen LogP contribution is -2.23. The molecule has 1 heterocycles. The molecule has 0 fully saturated rings. The van der Waals surface area contributed by atoms with Gasteiger partial charge in [0.15, 0.2) is 0 Å². The molecule has 0 aliphatic rings. The zero-order valence-corrected chi connectivity index (χ0v) is 13.7. The van der Waals surface area contributed by atoms with Crippen LogP contribution in [0.2, 0.25) is 0 Å². The summed E-state index contributed by atoms with van der Waals surface area (Å²) >= 11 is 0. The molecule has 23 heavy (non-hydrogen) atoms. The molecule has 0 atom stereocenters. The standard InChI is InChI=1S/C14H17N3O5S/c1-9-10(7-15-17(9)2)8-16-23(20,21)11-4-5-13(22-3)12(6-11)14(18)19/h4-7,16H,8H2,1-3H3,(H,18,19). The van der Waals surface area contributed by atoms with Crippen LogP contribution in [0.4, 0.5) is 0 Å².